The molecule has 0 spiro atoms. The molecule has 0 heteroatoms. The van der Waals surface area contributed by atoms with E-state index in [0.717, 1.165) is 12.8 Å². The van der Waals surface area contributed by atoms with E-state index < -0.39 is 0 Å². The van der Waals surface area contributed by atoms with E-state index in [0.29, 0.717) is 0 Å². The maximum atomic E-state index is 5.11. The quantitative estimate of drug-likeness (QED) is 0.244. The van der Waals surface area contributed by atoms with Crippen molar-refractivity contribution < 1.29 is 0 Å². The highest BCUT2D eigenvalue weighted by molar-refractivity contribution is 5.15. The first-order valence-electron chi connectivity index (χ1n) is 8.15. The Balaban J connectivity index is 3.14. The van der Waals surface area contributed by atoms with Crippen LogP contribution in [0.25, 0.3) is 0 Å². The average molecular weight is 270 g/mol. The number of hydrogen-bond acceptors (Lipinski definition) is 0. The summed E-state index contributed by atoms with van der Waals surface area (Å²) in [5.74, 6) is 8.93. The highest BCUT2D eigenvalue weighted by Crippen LogP contribution is 2.09. The van der Waals surface area contributed by atoms with Crippen LogP contribution < -0.4 is 0 Å². The molecule has 0 heterocycles. The Morgan fingerprint density at radius 3 is 2.15 bits per heavy atom. The van der Waals surface area contributed by atoms with Crippen molar-refractivity contribution in [2.75, 3.05) is 0 Å². The minimum absolute atomic E-state index is 1.06. The Hall–Kier alpha value is -1.40. The van der Waals surface area contributed by atoms with Gasteiger partial charge >= 0.3 is 0 Å². The number of allylic oxidation sites excluding steroid dienone is 4. The van der Waals surface area contributed by atoms with E-state index in [1.54, 1.807) is 6.08 Å². The molecule has 0 unspecified atom stereocenters. The monoisotopic (exact) mass is 270 g/mol. The lowest BCUT2D eigenvalue weighted by molar-refractivity contribution is 0.585. The summed E-state index contributed by atoms with van der Waals surface area (Å²) in [7, 11) is 0. The van der Waals surface area contributed by atoms with Gasteiger partial charge in [0, 0.05) is 12.8 Å². The number of hydrogen-bond donors (Lipinski definition) is 0. The van der Waals surface area contributed by atoms with Gasteiger partial charge in [-0.25, -0.2) is 0 Å². The fraction of sp³-hybridized carbons (Fsp3) is 0.600. The van der Waals surface area contributed by atoms with Crippen LogP contribution in [0.4, 0.5) is 0 Å². The van der Waals surface area contributed by atoms with Crippen molar-refractivity contribution >= 4 is 0 Å². The molecule has 20 heavy (non-hydrogen) atoms. The molecule has 0 aliphatic carbocycles. The molecular formula is C20H30. The molecule has 0 aliphatic heterocycles. The van der Waals surface area contributed by atoms with Gasteiger partial charge < -0.3 is 0 Å². The summed E-state index contributed by atoms with van der Waals surface area (Å²) in [6, 6.07) is 0. The second kappa shape index (κ2) is 17.6. The number of terminal acetylenes is 1. The van der Waals surface area contributed by atoms with Gasteiger partial charge in [-0.3, -0.25) is 0 Å². The second-order valence-electron chi connectivity index (χ2n) is 5.07. The predicted molar refractivity (Wildman–Crippen MR) is 91.4 cm³/mol. The molecule has 0 rings (SSSR count). The zero-order valence-electron chi connectivity index (χ0n) is 13.2. The van der Waals surface area contributed by atoms with Crippen LogP contribution in [0.3, 0.4) is 0 Å². The third kappa shape index (κ3) is 16.6. The van der Waals surface area contributed by atoms with Gasteiger partial charge in [-0.1, -0.05) is 63.2 Å². The molecule has 0 aromatic rings. The molecular weight excluding hydrogens is 240 g/mol. The average Bonchev–Trinajstić information content (AvgIpc) is 2.47. The lowest BCUT2D eigenvalue weighted by Crippen LogP contribution is -1.80. The van der Waals surface area contributed by atoms with E-state index in [9.17, 15) is 0 Å². The van der Waals surface area contributed by atoms with Gasteiger partial charge in [0.2, 0.25) is 0 Å². The van der Waals surface area contributed by atoms with Crippen molar-refractivity contribution in [2.45, 2.75) is 77.6 Å². The Bertz CT molecular complexity index is 340. The highest BCUT2D eigenvalue weighted by Gasteiger charge is 1.90. The summed E-state index contributed by atoms with van der Waals surface area (Å²) in [6.07, 6.45) is 26.9. The smallest absolute Gasteiger partial charge is 0.00886 e. The molecule has 0 nitrogen and oxygen atoms in total. The second-order valence-corrected chi connectivity index (χ2v) is 5.07. The molecule has 0 aliphatic rings. The van der Waals surface area contributed by atoms with Crippen molar-refractivity contribution in [1.29, 1.82) is 0 Å². The van der Waals surface area contributed by atoms with E-state index in [1.807, 2.05) is 12.2 Å². The third-order valence-corrected chi connectivity index (χ3v) is 3.11. The fourth-order valence-electron chi connectivity index (χ4n) is 1.95. The zero-order valence-corrected chi connectivity index (χ0v) is 13.2. The van der Waals surface area contributed by atoms with Crippen LogP contribution >= 0.6 is 0 Å². The minimum Gasteiger partial charge on any atom is -0.115 e. The maximum Gasteiger partial charge on any atom is 0.00886 e. The first-order chi connectivity index (χ1) is 9.91. The molecule has 0 saturated carbocycles. The fourth-order valence-corrected chi connectivity index (χ4v) is 1.95. The van der Waals surface area contributed by atoms with E-state index in [4.69, 9.17) is 6.42 Å². The van der Waals surface area contributed by atoms with Gasteiger partial charge in [0.05, 0.1) is 0 Å². The van der Waals surface area contributed by atoms with Gasteiger partial charge in [0.1, 0.15) is 0 Å². The van der Waals surface area contributed by atoms with Crippen LogP contribution in [0.1, 0.15) is 77.6 Å². The highest BCUT2D eigenvalue weighted by atomic mass is 14.0. The van der Waals surface area contributed by atoms with Crippen LogP contribution in [0.15, 0.2) is 24.3 Å². The normalized spacial score (nSPS) is 10.6. The molecule has 0 fully saturated rings. The number of rotatable bonds is 11. The Morgan fingerprint density at radius 2 is 1.45 bits per heavy atom. The molecule has 0 bridgehead atoms. The molecule has 0 saturated heterocycles. The van der Waals surface area contributed by atoms with Crippen molar-refractivity contribution in [2.24, 2.45) is 0 Å². The minimum atomic E-state index is 1.06. The van der Waals surface area contributed by atoms with Crippen molar-refractivity contribution in [3.05, 3.63) is 24.3 Å². The van der Waals surface area contributed by atoms with Crippen LogP contribution in [-0.2, 0) is 0 Å². The Labute approximate surface area is 126 Å². The Morgan fingerprint density at radius 1 is 0.800 bits per heavy atom. The van der Waals surface area contributed by atoms with Gasteiger partial charge in [0.25, 0.3) is 0 Å². The maximum absolute atomic E-state index is 5.11. The van der Waals surface area contributed by atoms with Crippen molar-refractivity contribution in [1.82, 2.24) is 0 Å². The summed E-state index contributed by atoms with van der Waals surface area (Å²) < 4.78 is 0. The lowest BCUT2D eigenvalue weighted by Gasteiger charge is -1.99. The van der Waals surface area contributed by atoms with E-state index in [-0.39, 0.29) is 0 Å². The van der Waals surface area contributed by atoms with Crippen LogP contribution in [0, 0.1) is 24.2 Å². The lowest BCUT2D eigenvalue weighted by atomic mass is 10.1. The summed E-state index contributed by atoms with van der Waals surface area (Å²) >= 11 is 0. The molecule has 0 amide bonds. The largest absolute Gasteiger partial charge is 0.115 e. The molecule has 0 aromatic heterocycles. The molecule has 0 radical (unpaired) electrons. The van der Waals surface area contributed by atoms with Crippen LogP contribution in [0.2, 0.25) is 0 Å². The number of unbranched alkanes of at least 4 members (excludes halogenated alkanes) is 9. The van der Waals surface area contributed by atoms with Crippen molar-refractivity contribution in [3.63, 3.8) is 0 Å². The SMILES string of the molecule is C#C/C=C/C=C/CCCCCCCCCC#CCCC. The van der Waals surface area contributed by atoms with Gasteiger partial charge in [-0.2, -0.15) is 0 Å². The molecule has 0 atom stereocenters. The first-order valence-corrected chi connectivity index (χ1v) is 8.15. The molecule has 0 aromatic carbocycles. The van der Waals surface area contributed by atoms with Crippen LogP contribution in [-0.4, -0.2) is 0 Å². The van der Waals surface area contributed by atoms with E-state index in [2.05, 4.69) is 30.8 Å². The van der Waals surface area contributed by atoms with E-state index in [1.165, 1.54) is 57.8 Å². The van der Waals surface area contributed by atoms with Gasteiger partial charge in [0.15, 0.2) is 0 Å². The van der Waals surface area contributed by atoms with Gasteiger partial charge in [-0.05, 0) is 31.8 Å². The zero-order chi connectivity index (χ0) is 14.7. The molecule has 110 valence electrons. The third-order valence-electron chi connectivity index (χ3n) is 3.11. The standard InChI is InChI=1S/C20H30/c1-3-5-7-9-11-13-15-17-19-20-18-16-14-12-10-8-6-4-2/h1,5,7,9,11H,4,6,12-20H2,2H3/b7-5+,11-9+. The first kappa shape index (κ1) is 18.6. The van der Waals surface area contributed by atoms with E-state index >= 15 is 0 Å². The molecule has 0 N–H and O–H groups in total. The Kier molecular flexibility index (Phi) is 16.4. The van der Waals surface area contributed by atoms with Crippen molar-refractivity contribution in [3.8, 4) is 24.2 Å². The summed E-state index contributed by atoms with van der Waals surface area (Å²) in [5, 5.41) is 0. The predicted octanol–water partition coefficient (Wildman–Crippen LogP) is 6.05. The summed E-state index contributed by atoms with van der Waals surface area (Å²) in [4.78, 5) is 0. The summed E-state index contributed by atoms with van der Waals surface area (Å²) in [5.41, 5.74) is 0. The van der Waals surface area contributed by atoms with Crippen LogP contribution in [0.5, 0.6) is 0 Å². The topological polar surface area (TPSA) is 0 Å². The summed E-state index contributed by atoms with van der Waals surface area (Å²) in [6.45, 7) is 2.18. The van der Waals surface area contributed by atoms with Gasteiger partial charge in [-0.15, -0.1) is 18.3 Å².